The Morgan fingerprint density at radius 3 is 2.56 bits per heavy atom. The Labute approximate surface area is 161 Å². The van der Waals surface area contributed by atoms with Crippen molar-refractivity contribution in [3.63, 3.8) is 0 Å². The molecule has 1 heterocycles. The molecular weight excluding hydrogens is 368 g/mol. The maximum Gasteiger partial charge on any atom is 0.304 e. The highest BCUT2D eigenvalue weighted by molar-refractivity contribution is 7.89. The first kappa shape index (κ1) is 21.8. The van der Waals surface area contributed by atoms with E-state index in [1.165, 1.54) is 6.92 Å². The maximum atomic E-state index is 12.7. The Bertz CT molecular complexity index is 718. The number of ether oxygens (including phenoxy) is 2. The molecule has 0 radical (unpaired) electrons. The second-order valence-corrected chi connectivity index (χ2v) is 9.13. The normalized spacial score (nSPS) is 21.4. The van der Waals surface area contributed by atoms with Crippen LogP contribution in [0.3, 0.4) is 0 Å². The average molecular weight is 399 g/mol. The van der Waals surface area contributed by atoms with Crippen LogP contribution in [0.25, 0.3) is 0 Å². The molecule has 0 amide bonds. The number of aryl methyl sites for hydroxylation is 1. The summed E-state index contributed by atoms with van der Waals surface area (Å²) in [5, 5.41) is 3.30. The minimum absolute atomic E-state index is 0.146. The van der Waals surface area contributed by atoms with Crippen molar-refractivity contribution in [3.8, 4) is 0 Å². The van der Waals surface area contributed by atoms with Crippen molar-refractivity contribution in [3.05, 3.63) is 29.8 Å². The summed E-state index contributed by atoms with van der Waals surface area (Å²) in [7, 11) is -3.61. The molecule has 0 aromatic heterocycles. The number of carbonyl (C=O) groups excluding carboxylic acids is 1. The summed E-state index contributed by atoms with van der Waals surface area (Å²) >= 11 is 0. The molecule has 0 aliphatic carbocycles. The van der Waals surface area contributed by atoms with Crippen LogP contribution in [-0.4, -0.2) is 45.9 Å². The minimum Gasteiger partial charge on any atom is -0.434 e. The topological polar surface area (TPSA) is 93.7 Å². The van der Waals surface area contributed by atoms with Crippen LogP contribution in [0.5, 0.6) is 0 Å². The fourth-order valence-corrected chi connectivity index (χ4v) is 4.33. The number of rotatable bonds is 9. The summed E-state index contributed by atoms with van der Waals surface area (Å²) in [4.78, 5) is 11.4. The molecule has 27 heavy (non-hydrogen) atoms. The molecule has 0 unspecified atom stereocenters. The average Bonchev–Trinajstić information content (AvgIpc) is 2.98. The van der Waals surface area contributed by atoms with Crippen molar-refractivity contribution >= 4 is 16.0 Å². The molecule has 2 rings (SSSR count). The number of nitrogens with one attached hydrogen (secondary N) is 2. The number of benzene rings is 1. The highest BCUT2D eigenvalue weighted by atomic mass is 32.2. The Morgan fingerprint density at radius 1 is 1.30 bits per heavy atom. The third-order valence-electron chi connectivity index (χ3n) is 4.36. The van der Waals surface area contributed by atoms with Crippen LogP contribution in [-0.2, 0) is 24.3 Å². The molecule has 1 aliphatic heterocycles. The summed E-state index contributed by atoms with van der Waals surface area (Å²) in [5.41, 5.74) is 1.01. The molecule has 1 aromatic rings. The molecular formula is C19H30N2O5S. The lowest BCUT2D eigenvalue weighted by Gasteiger charge is -2.25. The Hall–Kier alpha value is -1.48. The molecule has 3 atom stereocenters. The second kappa shape index (κ2) is 9.64. The summed E-state index contributed by atoms with van der Waals surface area (Å²) < 4.78 is 38.8. The highest BCUT2D eigenvalue weighted by Gasteiger charge is 2.31. The number of esters is 1. The van der Waals surface area contributed by atoms with Gasteiger partial charge in [0, 0.05) is 19.5 Å². The number of carbonyl (C=O) groups is 1. The second-order valence-electron chi connectivity index (χ2n) is 7.41. The third-order valence-corrected chi connectivity index (χ3v) is 5.89. The Morgan fingerprint density at radius 2 is 1.96 bits per heavy atom. The van der Waals surface area contributed by atoms with E-state index >= 15 is 0 Å². The van der Waals surface area contributed by atoms with Gasteiger partial charge in [0.25, 0.3) is 0 Å². The van der Waals surface area contributed by atoms with Crippen molar-refractivity contribution in [2.45, 2.75) is 63.8 Å². The van der Waals surface area contributed by atoms with Crippen LogP contribution in [0.15, 0.2) is 29.2 Å². The van der Waals surface area contributed by atoms with Crippen LogP contribution in [0.1, 0.15) is 39.2 Å². The largest absolute Gasteiger partial charge is 0.434 e. The number of hydrogen-bond donors (Lipinski definition) is 2. The summed E-state index contributed by atoms with van der Waals surface area (Å²) in [5.74, 6) is -0.0749. The zero-order chi connectivity index (χ0) is 20.0. The van der Waals surface area contributed by atoms with Gasteiger partial charge in [-0.2, -0.15) is 0 Å². The van der Waals surface area contributed by atoms with E-state index in [4.69, 9.17) is 9.47 Å². The lowest BCUT2D eigenvalue weighted by molar-refractivity contribution is -0.170. The molecule has 1 fully saturated rings. The van der Waals surface area contributed by atoms with Gasteiger partial charge < -0.3 is 14.8 Å². The third kappa shape index (κ3) is 6.88. The van der Waals surface area contributed by atoms with Gasteiger partial charge in [-0.3, -0.25) is 4.79 Å². The van der Waals surface area contributed by atoms with Crippen molar-refractivity contribution in [1.82, 2.24) is 10.0 Å². The predicted octanol–water partition coefficient (Wildman–Crippen LogP) is 1.96. The molecule has 1 aliphatic rings. The van der Waals surface area contributed by atoms with E-state index in [-0.39, 0.29) is 17.0 Å². The quantitative estimate of drug-likeness (QED) is 0.618. The lowest BCUT2D eigenvalue weighted by atomic mass is 10.0. The van der Waals surface area contributed by atoms with Crippen molar-refractivity contribution in [2.75, 3.05) is 13.2 Å². The smallest absolute Gasteiger partial charge is 0.304 e. The summed E-state index contributed by atoms with van der Waals surface area (Å²) in [6.45, 7) is 8.28. The zero-order valence-electron chi connectivity index (χ0n) is 16.4. The van der Waals surface area contributed by atoms with Gasteiger partial charge in [-0.05, 0) is 37.8 Å². The predicted molar refractivity (Wildman–Crippen MR) is 103 cm³/mol. The standard InChI is InChI=1S/C19H30N2O5S/c1-13(2)11-16(12-20-18-9-10-25-19(18)26-15(4)22)21-27(23,24)17-7-5-14(3)6-8-17/h5-8,13,16,18-21H,9-12H2,1-4H3/t16-,18+,19+/m1/s1. The van der Waals surface area contributed by atoms with Crippen LogP contribution < -0.4 is 10.0 Å². The van der Waals surface area contributed by atoms with Gasteiger partial charge in [0.2, 0.25) is 16.3 Å². The van der Waals surface area contributed by atoms with Gasteiger partial charge >= 0.3 is 5.97 Å². The Balaban J connectivity index is 2.02. The maximum absolute atomic E-state index is 12.7. The summed E-state index contributed by atoms with van der Waals surface area (Å²) in [6.07, 6.45) is 0.761. The fraction of sp³-hybridized carbons (Fsp3) is 0.632. The van der Waals surface area contributed by atoms with Crippen molar-refractivity contribution < 1.29 is 22.7 Å². The van der Waals surface area contributed by atoms with Crippen LogP contribution >= 0.6 is 0 Å². The van der Waals surface area contributed by atoms with Crippen molar-refractivity contribution in [2.24, 2.45) is 5.92 Å². The minimum atomic E-state index is -3.61. The van der Waals surface area contributed by atoms with Gasteiger partial charge in [0.15, 0.2) is 0 Å². The van der Waals surface area contributed by atoms with E-state index in [1.54, 1.807) is 24.3 Å². The fourth-order valence-electron chi connectivity index (χ4n) is 3.08. The van der Waals surface area contributed by atoms with E-state index in [0.717, 1.165) is 5.56 Å². The molecule has 0 saturated carbocycles. The van der Waals surface area contributed by atoms with E-state index in [0.29, 0.717) is 31.9 Å². The number of sulfonamides is 1. The first-order valence-corrected chi connectivity index (χ1v) is 10.8. The zero-order valence-corrected chi connectivity index (χ0v) is 17.2. The van der Waals surface area contributed by atoms with Gasteiger partial charge in [0.05, 0.1) is 17.5 Å². The van der Waals surface area contributed by atoms with Gasteiger partial charge in [-0.1, -0.05) is 31.5 Å². The van der Waals surface area contributed by atoms with E-state index in [9.17, 15) is 13.2 Å². The van der Waals surface area contributed by atoms with Crippen molar-refractivity contribution in [1.29, 1.82) is 0 Å². The molecule has 0 spiro atoms. The monoisotopic (exact) mass is 398 g/mol. The molecule has 0 bridgehead atoms. The molecule has 7 nitrogen and oxygen atoms in total. The first-order valence-electron chi connectivity index (χ1n) is 9.28. The van der Waals surface area contributed by atoms with E-state index in [1.807, 2.05) is 20.8 Å². The van der Waals surface area contributed by atoms with Gasteiger partial charge in [0.1, 0.15) is 0 Å². The molecule has 1 saturated heterocycles. The van der Waals surface area contributed by atoms with Crippen LogP contribution in [0, 0.1) is 12.8 Å². The highest BCUT2D eigenvalue weighted by Crippen LogP contribution is 2.17. The van der Waals surface area contributed by atoms with E-state index in [2.05, 4.69) is 10.0 Å². The Kier molecular flexibility index (Phi) is 7.79. The van der Waals surface area contributed by atoms with Crippen LogP contribution in [0.4, 0.5) is 0 Å². The van der Waals surface area contributed by atoms with E-state index < -0.39 is 22.3 Å². The van der Waals surface area contributed by atoms with Crippen LogP contribution in [0.2, 0.25) is 0 Å². The molecule has 1 aromatic carbocycles. The molecule has 2 N–H and O–H groups in total. The summed E-state index contributed by atoms with van der Waals surface area (Å²) in [6, 6.07) is 6.36. The van der Waals surface area contributed by atoms with Gasteiger partial charge in [-0.25, -0.2) is 13.1 Å². The first-order chi connectivity index (χ1) is 12.7. The lowest BCUT2D eigenvalue weighted by Crippen LogP contribution is -2.48. The molecule has 8 heteroatoms. The number of hydrogen-bond acceptors (Lipinski definition) is 6. The molecule has 152 valence electrons. The SMILES string of the molecule is CC(=O)O[C@@H]1OCC[C@@H]1NC[C@@H](CC(C)C)NS(=O)(=O)c1ccc(C)cc1. The van der Waals surface area contributed by atoms with Gasteiger partial charge in [-0.15, -0.1) is 0 Å².